The summed E-state index contributed by atoms with van der Waals surface area (Å²) in [7, 11) is -7.44. The molecule has 0 radical (unpaired) electrons. The average molecular weight is 569 g/mol. The van der Waals surface area contributed by atoms with Gasteiger partial charge >= 0.3 is 0 Å². The van der Waals surface area contributed by atoms with Crippen LogP contribution in [0.25, 0.3) is 0 Å². The number of phenolic OH excluding ortho intramolecular Hbond substituents is 1. The van der Waals surface area contributed by atoms with Crippen molar-refractivity contribution in [1.82, 2.24) is 0 Å². The van der Waals surface area contributed by atoms with Gasteiger partial charge in [0.2, 0.25) is 19.7 Å². The third-order valence-corrected chi connectivity index (χ3v) is 9.08. The van der Waals surface area contributed by atoms with Crippen molar-refractivity contribution in [2.24, 2.45) is 0 Å². The summed E-state index contributed by atoms with van der Waals surface area (Å²) in [4.78, 5) is 0.459. The van der Waals surface area contributed by atoms with E-state index in [1.807, 2.05) is 13.8 Å². The van der Waals surface area contributed by atoms with E-state index >= 15 is 0 Å². The summed E-state index contributed by atoms with van der Waals surface area (Å²) in [6, 6.07) is 23.8. The highest BCUT2D eigenvalue weighted by Gasteiger charge is 2.19. The summed E-state index contributed by atoms with van der Waals surface area (Å²) >= 11 is 0. The fraction of sp³-hybridized carbons (Fsp3) is 0.172. The summed E-state index contributed by atoms with van der Waals surface area (Å²) in [5.74, 6) is 1.41. The highest BCUT2D eigenvalue weighted by atomic mass is 32.2. The van der Waals surface area contributed by atoms with Crippen LogP contribution in [0.4, 0.5) is 0 Å². The Kier molecular flexibility index (Phi) is 8.47. The minimum absolute atomic E-state index is 0.0146. The van der Waals surface area contributed by atoms with Gasteiger partial charge in [-0.25, -0.2) is 16.8 Å². The molecule has 0 amide bonds. The van der Waals surface area contributed by atoms with E-state index in [2.05, 4.69) is 0 Å². The minimum Gasteiger partial charge on any atom is -0.508 e. The number of benzene rings is 4. The second-order valence-electron chi connectivity index (χ2n) is 8.78. The number of ether oxygens (including phenoxy) is 3. The average Bonchev–Trinajstić information content (AvgIpc) is 2.92. The molecule has 0 aliphatic heterocycles. The van der Waals surface area contributed by atoms with E-state index < -0.39 is 19.7 Å². The fourth-order valence-electron chi connectivity index (χ4n) is 3.63. The minimum atomic E-state index is -3.72. The Morgan fingerprint density at radius 2 is 1.03 bits per heavy atom. The third kappa shape index (κ3) is 6.90. The molecule has 0 aliphatic rings. The van der Waals surface area contributed by atoms with E-state index in [-0.39, 0.29) is 44.6 Å². The summed E-state index contributed by atoms with van der Waals surface area (Å²) in [6.45, 7) is 4.12. The molecule has 0 aliphatic carbocycles. The van der Waals surface area contributed by atoms with Crippen LogP contribution in [0.2, 0.25) is 0 Å². The maximum atomic E-state index is 13.0. The predicted molar refractivity (Wildman–Crippen MR) is 145 cm³/mol. The fourth-order valence-corrected chi connectivity index (χ4v) is 6.19. The van der Waals surface area contributed by atoms with E-state index in [0.29, 0.717) is 17.2 Å². The largest absolute Gasteiger partial charge is 0.508 e. The van der Waals surface area contributed by atoms with Crippen molar-refractivity contribution in [2.45, 2.75) is 39.5 Å². The molecule has 0 unspecified atom stereocenters. The van der Waals surface area contributed by atoms with Gasteiger partial charge in [-0.2, -0.15) is 0 Å². The lowest BCUT2D eigenvalue weighted by molar-refractivity contribution is 0.217. The SMILES string of the molecule is CC(C)Oc1cccc(S(=O)(=O)c2ccc(OCCOc3ccc(S(=O)(=O)c4ccc(O)cc4)cc3)cc2)c1. The molecule has 4 rings (SSSR count). The highest BCUT2D eigenvalue weighted by molar-refractivity contribution is 7.91. The van der Waals surface area contributed by atoms with Gasteiger partial charge in [0, 0.05) is 0 Å². The summed E-state index contributed by atoms with van der Waals surface area (Å²) < 4.78 is 68.3. The molecule has 4 aromatic carbocycles. The number of rotatable bonds is 11. The number of aromatic hydroxyl groups is 1. The number of sulfone groups is 2. The molecule has 0 bridgehead atoms. The van der Waals surface area contributed by atoms with Crippen LogP contribution in [0.5, 0.6) is 23.0 Å². The summed E-state index contributed by atoms with van der Waals surface area (Å²) in [5.41, 5.74) is 0. The second-order valence-corrected chi connectivity index (χ2v) is 12.7. The van der Waals surface area contributed by atoms with Crippen molar-refractivity contribution in [3.05, 3.63) is 97.1 Å². The molecule has 0 saturated carbocycles. The highest BCUT2D eigenvalue weighted by Crippen LogP contribution is 2.27. The summed E-state index contributed by atoms with van der Waals surface area (Å²) in [6.07, 6.45) is -0.0737. The van der Waals surface area contributed by atoms with Gasteiger partial charge in [-0.05, 0) is 105 Å². The van der Waals surface area contributed by atoms with Gasteiger partial charge in [0.05, 0.1) is 25.7 Å². The van der Waals surface area contributed by atoms with Gasteiger partial charge in [0.25, 0.3) is 0 Å². The lowest BCUT2D eigenvalue weighted by Gasteiger charge is -2.12. The molecule has 1 N–H and O–H groups in total. The third-order valence-electron chi connectivity index (χ3n) is 5.52. The van der Waals surface area contributed by atoms with Gasteiger partial charge in [0.1, 0.15) is 36.2 Å². The molecule has 4 aromatic rings. The van der Waals surface area contributed by atoms with Crippen LogP contribution in [0.1, 0.15) is 13.8 Å². The Morgan fingerprint density at radius 1 is 0.590 bits per heavy atom. The smallest absolute Gasteiger partial charge is 0.206 e. The first-order valence-electron chi connectivity index (χ1n) is 12.1. The topological polar surface area (TPSA) is 116 Å². The van der Waals surface area contributed by atoms with E-state index in [4.69, 9.17) is 14.2 Å². The quantitative estimate of drug-likeness (QED) is 0.242. The van der Waals surface area contributed by atoms with E-state index in [1.54, 1.807) is 36.4 Å². The first kappa shape index (κ1) is 28.0. The van der Waals surface area contributed by atoms with Crippen LogP contribution < -0.4 is 14.2 Å². The monoisotopic (exact) mass is 568 g/mol. The molecule has 0 aromatic heterocycles. The molecule has 10 heteroatoms. The van der Waals surface area contributed by atoms with Crippen LogP contribution in [0.15, 0.2) is 117 Å². The molecule has 8 nitrogen and oxygen atoms in total. The first-order valence-corrected chi connectivity index (χ1v) is 15.0. The lowest BCUT2D eigenvalue weighted by atomic mass is 10.3. The zero-order valence-electron chi connectivity index (χ0n) is 21.4. The van der Waals surface area contributed by atoms with Crippen molar-refractivity contribution in [3.8, 4) is 23.0 Å². The molecular formula is C29H28O8S2. The Morgan fingerprint density at radius 3 is 1.49 bits per heavy atom. The van der Waals surface area contributed by atoms with Gasteiger partial charge in [-0.3, -0.25) is 0 Å². The maximum absolute atomic E-state index is 13.0. The van der Waals surface area contributed by atoms with Gasteiger partial charge < -0.3 is 19.3 Å². The van der Waals surface area contributed by atoms with Crippen molar-refractivity contribution in [3.63, 3.8) is 0 Å². The predicted octanol–water partition coefficient (Wildman–Crippen LogP) is 5.30. The molecular weight excluding hydrogens is 540 g/mol. The second kappa shape index (κ2) is 11.8. The Bertz CT molecular complexity index is 1610. The zero-order valence-corrected chi connectivity index (χ0v) is 23.0. The van der Waals surface area contributed by atoms with E-state index in [1.165, 1.54) is 60.7 Å². The zero-order chi connectivity index (χ0) is 28.0. The first-order chi connectivity index (χ1) is 18.6. The normalized spacial score (nSPS) is 11.8. The molecule has 0 fully saturated rings. The van der Waals surface area contributed by atoms with Crippen LogP contribution in [0, 0.1) is 0 Å². The summed E-state index contributed by atoms with van der Waals surface area (Å²) in [5, 5.41) is 9.37. The van der Waals surface area contributed by atoms with Crippen LogP contribution in [-0.2, 0) is 19.7 Å². The molecule has 0 atom stereocenters. The Balaban J connectivity index is 1.31. The molecule has 0 heterocycles. The number of phenols is 1. The van der Waals surface area contributed by atoms with Gasteiger partial charge in [-0.15, -0.1) is 0 Å². The molecule has 0 spiro atoms. The van der Waals surface area contributed by atoms with Crippen LogP contribution >= 0.6 is 0 Å². The number of hydrogen-bond donors (Lipinski definition) is 1. The van der Waals surface area contributed by atoms with Crippen molar-refractivity contribution >= 4 is 19.7 Å². The number of hydrogen-bond acceptors (Lipinski definition) is 8. The van der Waals surface area contributed by atoms with Crippen molar-refractivity contribution in [1.29, 1.82) is 0 Å². The molecule has 39 heavy (non-hydrogen) atoms. The molecule has 204 valence electrons. The lowest BCUT2D eigenvalue weighted by Crippen LogP contribution is -2.09. The van der Waals surface area contributed by atoms with Crippen LogP contribution in [-0.4, -0.2) is 41.3 Å². The van der Waals surface area contributed by atoms with Crippen molar-refractivity contribution < 1.29 is 36.2 Å². The maximum Gasteiger partial charge on any atom is 0.206 e. The Hall–Kier alpha value is -4.02. The van der Waals surface area contributed by atoms with Gasteiger partial charge in [0.15, 0.2) is 0 Å². The van der Waals surface area contributed by atoms with Crippen molar-refractivity contribution in [2.75, 3.05) is 13.2 Å². The standard InChI is InChI=1S/C29H28O8S2/c1-21(2)37-25-4-3-5-29(20-25)39(33,34)28-16-10-24(11-17-28)36-19-18-35-23-8-14-27(15-9-23)38(31,32)26-12-6-22(30)7-13-26/h3-17,20-21,30H,18-19H2,1-2H3. The molecule has 0 saturated heterocycles. The van der Waals surface area contributed by atoms with Crippen LogP contribution in [0.3, 0.4) is 0 Å². The van der Waals surface area contributed by atoms with E-state index in [9.17, 15) is 21.9 Å². The Labute approximate surface area is 228 Å². The van der Waals surface area contributed by atoms with E-state index in [0.717, 1.165) is 0 Å². The van der Waals surface area contributed by atoms with Gasteiger partial charge in [-0.1, -0.05) is 6.07 Å².